The molecule has 1 aliphatic heterocycles. The van der Waals surface area contributed by atoms with E-state index in [1.165, 1.54) is 12.1 Å². The summed E-state index contributed by atoms with van der Waals surface area (Å²) in [6, 6.07) is 6.11. The summed E-state index contributed by atoms with van der Waals surface area (Å²) in [6.45, 7) is 5.04. The number of rotatable bonds is 3. The van der Waals surface area contributed by atoms with Crippen LogP contribution in [0.15, 0.2) is 24.3 Å². The molecule has 1 aromatic rings. The summed E-state index contributed by atoms with van der Waals surface area (Å²) in [5.41, 5.74) is 0.592. The van der Waals surface area contributed by atoms with Crippen molar-refractivity contribution in [2.45, 2.75) is 25.9 Å². The number of ketones is 1. The number of nitrogens with zero attached hydrogens (tertiary/aromatic N) is 1. The largest absolute Gasteiger partial charge is 0.292 e. The fourth-order valence-corrected chi connectivity index (χ4v) is 3.36. The monoisotopic (exact) mass is 267 g/mol. The number of carbonyl (C=O) groups is 1. The lowest BCUT2D eigenvalue weighted by atomic mass is 10.0. The zero-order valence-electron chi connectivity index (χ0n) is 10.7. The molecule has 2 unspecified atom stereocenters. The van der Waals surface area contributed by atoms with Gasteiger partial charge in [0.1, 0.15) is 5.82 Å². The Bertz CT molecular complexity index is 420. The first kappa shape index (κ1) is 13.6. The topological polar surface area (TPSA) is 20.3 Å². The van der Waals surface area contributed by atoms with Gasteiger partial charge >= 0.3 is 0 Å². The summed E-state index contributed by atoms with van der Waals surface area (Å²) in [4.78, 5) is 14.6. The van der Waals surface area contributed by atoms with Crippen LogP contribution in [-0.4, -0.2) is 40.8 Å². The zero-order chi connectivity index (χ0) is 13.1. The Kier molecular flexibility index (Phi) is 4.40. The quantitative estimate of drug-likeness (QED) is 0.785. The molecule has 2 rings (SSSR count). The third-order valence-corrected chi connectivity index (χ3v) is 4.61. The van der Waals surface area contributed by atoms with Gasteiger partial charge in [-0.1, -0.05) is 0 Å². The Hall–Kier alpha value is -0.870. The molecule has 0 amide bonds. The van der Waals surface area contributed by atoms with E-state index in [1.54, 1.807) is 12.1 Å². The van der Waals surface area contributed by atoms with Crippen LogP contribution in [0.25, 0.3) is 0 Å². The second-order valence-corrected chi connectivity index (χ2v) is 5.86. The maximum Gasteiger partial charge on any atom is 0.179 e. The molecule has 0 bridgehead atoms. The summed E-state index contributed by atoms with van der Waals surface area (Å²) >= 11 is 1.93. The van der Waals surface area contributed by atoms with Crippen LogP contribution in [0.1, 0.15) is 24.2 Å². The van der Waals surface area contributed by atoms with Crippen molar-refractivity contribution in [3.05, 3.63) is 35.6 Å². The summed E-state index contributed by atoms with van der Waals surface area (Å²) in [5.74, 6) is 1.92. The van der Waals surface area contributed by atoms with Gasteiger partial charge in [0.15, 0.2) is 5.78 Å². The molecule has 0 spiro atoms. The number of thioether (sulfide) groups is 1. The number of Topliss-reactive ketones (excluding diaryl/α,β-unsaturated/α-hetero) is 1. The number of benzene rings is 1. The van der Waals surface area contributed by atoms with Crippen molar-refractivity contribution in [1.29, 1.82) is 0 Å². The fraction of sp³-hybridized carbons (Fsp3) is 0.500. The molecule has 2 nitrogen and oxygen atoms in total. The van der Waals surface area contributed by atoms with E-state index in [0.717, 1.165) is 18.1 Å². The second kappa shape index (κ2) is 5.85. The van der Waals surface area contributed by atoms with E-state index in [2.05, 4.69) is 11.8 Å². The fourth-order valence-electron chi connectivity index (χ4n) is 2.32. The molecule has 1 saturated heterocycles. The van der Waals surface area contributed by atoms with Crippen molar-refractivity contribution in [3.63, 3.8) is 0 Å². The minimum Gasteiger partial charge on any atom is -0.292 e. The lowest BCUT2D eigenvalue weighted by molar-refractivity contribution is 0.0799. The maximum absolute atomic E-state index is 12.8. The van der Waals surface area contributed by atoms with E-state index in [0.29, 0.717) is 11.6 Å². The van der Waals surface area contributed by atoms with Crippen molar-refractivity contribution < 1.29 is 9.18 Å². The highest BCUT2D eigenvalue weighted by atomic mass is 32.2. The van der Waals surface area contributed by atoms with Crippen LogP contribution in [0, 0.1) is 5.82 Å². The first-order valence-corrected chi connectivity index (χ1v) is 7.38. The van der Waals surface area contributed by atoms with Gasteiger partial charge in [0, 0.05) is 29.7 Å². The Morgan fingerprint density at radius 1 is 1.44 bits per heavy atom. The van der Waals surface area contributed by atoms with Crippen LogP contribution < -0.4 is 0 Å². The number of hydrogen-bond donors (Lipinski definition) is 0. The van der Waals surface area contributed by atoms with Crippen molar-refractivity contribution in [1.82, 2.24) is 4.90 Å². The maximum atomic E-state index is 12.8. The Morgan fingerprint density at radius 2 is 2.11 bits per heavy atom. The lowest BCUT2D eigenvalue weighted by Crippen LogP contribution is -2.49. The van der Waals surface area contributed by atoms with E-state index < -0.39 is 0 Å². The van der Waals surface area contributed by atoms with Crippen molar-refractivity contribution in [3.8, 4) is 0 Å². The summed E-state index contributed by atoms with van der Waals surface area (Å²) in [5, 5.41) is 0. The Balaban J connectivity index is 2.10. The third-order valence-electron chi connectivity index (χ3n) is 3.42. The van der Waals surface area contributed by atoms with E-state index >= 15 is 0 Å². The summed E-state index contributed by atoms with van der Waals surface area (Å²) in [6.07, 6.45) is 0. The van der Waals surface area contributed by atoms with Crippen LogP contribution in [-0.2, 0) is 0 Å². The Morgan fingerprint density at radius 3 is 2.72 bits per heavy atom. The van der Waals surface area contributed by atoms with Gasteiger partial charge < -0.3 is 0 Å². The number of halogens is 1. The predicted octanol–water partition coefficient (Wildman–Crippen LogP) is 2.83. The first-order valence-electron chi connectivity index (χ1n) is 6.23. The number of hydrogen-bond acceptors (Lipinski definition) is 3. The molecule has 1 aliphatic rings. The van der Waals surface area contributed by atoms with Gasteiger partial charge in [-0.25, -0.2) is 4.39 Å². The third kappa shape index (κ3) is 2.93. The average Bonchev–Trinajstić information content (AvgIpc) is 2.38. The smallest absolute Gasteiger partial charge is 0.179 e. The molecule has 18 heavy (non-hydrogen) atoms. The molecule has 1 fully saturated rings. The SMILES string of the molecule is CC1CSCCN1C(C)C(=O)c1ccc(F)cc1. The van der Waals surface area contributed by atoms with Gasteiger partial charge in [0.2, 0.25) is 0 Å². The van der Waals surface area contributed by atoms with Crippen LogP contribution in [0.3, 0.4) is 0 Å². The molecular formula is C14H18FNOS. The second-order valence-electron chi connectivity index (χ2n) is 4.71. The zero-order valence-corrected chi connectivity index (χ0v) is 11.5. The van der Waals surface area contributed by atoms with E-state index in [-0.39, 0.29) is 17.6 Å². The minimum atomic E-state index is -0.304. The lowest BCUT2D eigenvalue weighted by Gasteiger charge is -2.36. The highest BCUT2D eigenvalue weighted by Gasteiger charge is 2.28. The summed E-state index contributed by atoms with van der Waals surface area (Å²) < 4.78 is 12.8. The minimum absolute atomic E-state index is 0.0775. The molecule has 0 saturated carbocycles. The van der Waals surface area contributed by atoms with Crippen molar-refractivity contribution in [2.24, 2.45) is 0 Å². The van der Waals surface area contributed by atoms with Gasteiger partial charge in [0.25, 0.3) is 0 Å². The predicted molar refractivity (Wildman–Crippen MR) is 73.7 cm³/mol. The van der Waals surface area contributed by atoms with E-state index in [9.17, 15) is 9.18 Å². The average molecular weight is 267 g/mol. The van der Waals surface area contributed by atoms with Crippen LogP contribution in [0.4, 0.5) is 4.39 Å². The van der Waals surface area contributed by atoms with Gasteiger partial charge in [-0.05, 0) is 38.1 Å². The van der Waals surface area contributed by atoms with Crippen LogP contribution in [0.5, 0.6) is 0 Å². The van der Waals surface area contributed by atoms with Gasteiger partial charge in [-0.3, -0.25) is 9.69 Å². The molecule has 0 N–H and O–H groups in total. The molecular weight excluding hydrogens is 249 g/mol. The standard InChI is InChI=1S/C14H18FNOS/c1-10-9-18-8-7-16(10)11(2)14(17)12-3-5-13(15)6-4-12/h3-6,10-11H,7-9H2,1-2H3. The molecule has 4 heteroatoms. The van der Waals surface area contributed by atoms with Gasteiger partial charge in [-0.15, -0.1) is 0 Å². The molecule has 0 aliphatic carbocycles. The van der Waals surface area contributed by atoms with E-state index in [4.69, 9.17) is 0 Å². The van der Waals surface area contributed by atoms with Crippen molar-refractivity contribution in [2.75, 3.05) is 18.1 Å². The molecule has 0 aromatic heterocycles. The molecule has 1 heterocycles. The van der Waals surface area contributed by atoms with Crippen LogP contribution in [0.2, 0.25) is 0 Å². The highest BCUT2D eigenvalue weighted by molar-refractivity contribution is 7.99. The molecule has 0 radical (unpaired) electrons. The first-order chi connectivity index (χ1) is 8.59. The van der Waals surface area contributed by atoms with E-state index in [1.807, 2.05) is 18.7 Å². The Labute approximate surface area is 112 Å². The van der Waals surface area contributed by atoms with Crippen LogP contribution >= 0.6 is 11.8 Å². The molecule has 2 atom stereocenters. The van der Waals surface area contributed by atoms with Gasteiger partial charge in [0.05, 0.1) is 6.04 Å². The highest BCUT2D eigenvalue weighted by Crippen LogP contribution is 2.20. The molecule has 1 aromatic carbocycles. The summed E-state index contributed by atoms with van der Waals surface area (Å²) in [7, 11) is 0. The number of carbonyl (C=O) groups excluding carboxylic acids is 1. The normalized spacial score (nSPS) is 22.7. The van der Waals surface area contributed by atoms with Crippen molar-refractivity contribution >= 4 is 17.5 Å². The van der Waals surface area contributed by atoms with Gasteiger partial charge in [-0.2, -0.15) is 11.8 Å². The molecule has 98 valence electrons.